The zero-order chi connectivity index (χ0) is 21.9. The Morgan fingerprint density at radius 2 is 2.10 bits per heavy atom. The summed E-state index contributed by atoms with van der Waals surface area (Å²) in [6, 6.07) is 0. The fraction of sp³-hybridized carbons (Fsp3) is 0.556. The highest BCUT2D eigenvalue weighted by Crippen LogP contribution is 2.34. The molecular formula is C18H20F3N3O4S2. The van der Waals surface area contributed by atoms with E-state index in [1.54, 1.807) is 0 Å². The maximum absolute atomic E-state index is 12.8. The van der Waals surface area contributed by atoms with Crippen molar-refractivity contribution in [3.8, 4) is 0 Å². The van der Waals surface area contributed by atoms with Gasteiger partial charge in [0.15, 0.2) is 0 Å². The van der Waals surface area contributed by atoms with Crippen LogP contribution in [0.3, 0.4) is 0 Å². The second kappa shape index (κ2) is 9.38. The van der Waals surface area contributed by atoms with Gasteiger partial charge in [0.2, 0.25) is 5.91 Å². The Labute approximate surface area is 178 Å². The number of thiophene rings is 1. The summed E-state index contributed by atoms with van der Waals surface area (Å²) < 4.78 is 42.7. The van der Waals surface area contributed by atoms with E-state index in [0.717, 1.165) is 43.7 Å². The number of alkyl halides is 3. The number of amides is 1. The molecular weight excluding hydrogens is 443 g/mol. The van der Waals surface area contributed by atoms with Gasteiger partial charge in [-0.1, -0.05) is 0 Å². The molecule has 0 bridgehead atoms. The van der Waals surface area contributed by atoms with Crippen LogP contribution in [0.25, 0.3) is 10.2 Å². The van der Waals surface area contributed by atoms with E-state index in [2.05, 4.69) is 14.7 Å². The van der Waals surface area contributed by atoms with E-state index in [0.29, 0.717) is 20.9 Å². The van der Waals surface area contributed by atoms with Crippen molar-refractivity contribution in [1.29, 1.82) is 0 Å². The van der Waals surface area contributed by atoms with Crippen LogP contribution in [-0.2, 0) is 32.9 Å². The number of nitrogens with one attached hydrogen (secondary N) is 1. The molecule has 2 aromatic heterocycles. The first kappa shape index (κ1) is 22.6. The number of esters is 1. The van der Waals surface area contributed by atoms with Crippen molar-refractivity contribution in [2.75, 3.05) is 26.0 Å². The minimum Gasteiger partial charge on any atom is -0.469 e. The second-order valence-electron chi connectivity index (χ2n) is 6.80. The lowest BCUT2D eigenvalue weighted by Crippen LogP contribution is -2.41. The number of thioether (sulfide) groups is 1. The first-order valence-corrected chi connectivity index (χ1v) is 11.2. The number of aryl methyl sites for hydroxylation is 2. The number of rotatable bonds is 8. The van der Waals surface area contributed by atoms with Gasteiger partial charge in [-0.2, -0.15) is 13.2 Å². The number of hydrogen-bond donors (Lipinski definition) is 1. The first-order valence-electron chi connectivity index (χ1n) is 9.20. The average molecular weight is 464 g/mol. The van der Waals surface area contributed by atoms with Crippen molar-refractivity contribution < 1.29 is 27.5 Å². The van der Waals surface area contributed by atoms with Crippen molar-refractivity contribution in [2.45, 2.75) is 37.6 Å². The molecule has 0 spiro atoms. The van der Waals surface area contributed by atoms with Crippen LogP contribution in [0.15, 0.2) is 4.79 Å². The van der Waals surface area contributed by atoms with Crippen LogP contribution in [-0.4, -0.2) is 58.9 Å². The number of carbonyl (C=O) groups excluding carboxylic acids is 2. The van der Waals surface area contributed by atoms with E-state index >= 15 is 0 Å². The molecule has 7 nitrogen and oxygen atoms in total. The SMILES string of the molecule is COC(=O)CCN(CC(F)(F)F)C(=O)CSCc1nc2sc3c(c2c(=O)[nH]1)CCC3. The largest absolute Gasteiger partial charge is 0.469 e. The molecule has 12 heteroatoms. The number of methoxy groups -OCH3 is 1. The van der Waals surface area contributed by atoms with Gasteiger partial charge >= 0.3 is 12.1 Å². The Bertz CT molecular complexity index is 1000. The Morgan fingerprint density at radius 1 is 1.33 bits per heavy atom. The third-order valence-corrected chi connectivity index (χ3v) is 6.74. The molecule has 1 N–H and O–H groups in total. The van der Waals surface area contributed by atoms with Crippen LogP contribution in [0.2, 0.25) is 0 Å². The maximum Gasteiger partial charge on any atom is 0.406 e. The van der Waals surface area contributed by atoms with Crippen molar-refractivity contribution in [1.82, 2.24) is 14.9 Å². The number of H-pyrrole nitrogens is 1. The smallest absolute Gasteiger partial charge is 0.406 e. The summed E-state index contributed by atoms with van der Waals surface area (Å²) >= 11 is 2.55. The molecule has 0 aromatic carbocycles. The van der Waals surface area contributed by atoms with Crippen LogP contribution in [0.1, 0.15) is 29.1 Å². The number of aromatic nitrogens is 2. The summed E-state index contributed by atoms with van der Waals surface area (Å²) in [4.78, 5) is 45.5. The zero-order valence-electron chi connectivity index (χ0n) is 16.1. The van der Waals surface area contributed by atoms with Crippen molar-refractivity contribution in [3.63, 3.8) is 0 Å². The van der Waals surface area contributed by atoms with Crippen molar-refractivity contribution in [3.05, 3.63) is 26.6 Å². The molecule has 30 heavy (non-hydrogen) atoms. The third kappa shape index (κ3) is 5.54. The van der Waals surface area contributed by atoms with Crippen molar-refractivity contribution >= 4 is 45.2 Å². The lowest BCUT2D eigenvalue weighted by molar-refractivity contribution is -0.161. The first-order chi connectivity index (χ1) is 14.2. The number of carbonyl (C=O) groups is 2. The van der Waals surface area contributed by atoms with Crippen LogP contribution in [0, 0.1) is 0 Å². The minimum absolute atomic E-state index is 0.177. The van der Waals surface area contributed by atoms with Crippen molar-refractivity contribution in [2.24, 2.45) is 0 Å². The highest BCUT2D eigenvalue weighted by Gasteiger charge is 2.33. The zero-order valence-corrected chi connectivity index (χ0v) is 17.8. The standard InChI is InChI=1S/C18H20F3N3O4S2/c1-28-14(26)5-6-24(9-18(19,20)21)13(25)8-29-7-12-22-16(27)15-10-3-2-4-11(10)30-17(15)23-12/h2-9H2,1H3,(H,22,23,27). The molecule has 0 fully saturated rings. The lowest BCUT2D eigenvalue weighted by atomic mass is 10.2. The van der Waals surface area contributed by atoms with E-state index in [9.17, 15) is 27.6 Å². The predicted octanol–water partition coefficient (Wildman–Crippen LogP) is 2.66. The topological polar surface area (TPSA) is 92.4 Å². The van der Waals surface area contributed by atoms with Gasteiger partial charge in [0.05, 0.1) is 30.4 Å². The molecule has 164 valence electrons. The van der Waals surface area contributed by atoms with E-state index in [4.69, 9.17) is 0 Å². The van der Waals surface area contributed by atoms with Gasteiger partial charge in [-0.05, 0) is 24.8 Å². The number of ether oxygens (including phenoxy) is 1. The Kier molecular flexibility index (Phi) is 7.06. The average Bonchev–Trinajstić information content (AvgIpc) is 3.24. The molecule has 0 saturated carbocycles. The summed E-state index contributed by atoms with van der Waals surface area (Å²) in [6.07, 6.45) is -2.07. The Morgan fingerprint density at radius 3 is 2.80 bits per heavy atom. The molecule has 2 aromatic rings. The number of nitrogens with zero attached hydrogens (tertiary/aromatic N) is 2. The van der Waals surface area contributed by atoms with Gasteiger partial charge in [-0.3, -0.25) is 14.4 Å². The monoisotopic (exact) mass is 463 g/mol. The summed E-state index contributed by atoms with van der Waals surface area (Å²) in [5.74, 6) is -1.13. The molecule has 1 amide bonds. The minimum atomic E-state index is -4.58. The fourth-order valence-corrected chi connectivity index (χ4v) is 5.35. The third-order valence-electron chi connectivity index (χ3n) is 4.62. The van der Waals surface area contributed by atoms with Gasteiger partial charge < -0.3 is 14.6 Å². The van der Waals surface area contributed by atoms with E-state index in [1.165, 1.54) is 16.2 Å². The normalized spacial score (nSPS) is 13.5. The summed E-state index contributed by atoms with van der Waals surface area (Å²) in [6.45, 7) is -1.82. The van der Waals surface area contributed by atoms with Crippen LogP contribution >= 0.6 is 23.1 Å². The number of aromatic amines is 1. The number of hydrogen-bond acceptors (Lipinski definition) is 7. The van der Waals surface area contributed by atoms with Gasteiger partial charge in [0.25, 0.3) is 5.56 Å². The molecule has 0 atom stereocenters. The second-order valence-corrected chi connectivity index (χ2v) is 8.87. The van der Waals surface area contributed by atoms with E-state index < -0.39 is 24.6 Å². The van der Waals surface area contributed by atoms with Gasteiger partial charge in [-0.15, -0.1) is 23.1 Å². The number of fused-ring (bicyclic) bond motifs is 3. The molecule has 0 radical (unpaired) electrons. The van der Waals surface area contributed by atoms with Gasteiger partial charge in [0, 0.05) is 11.4 Å². The maximum atomic E-state index is 12.8. The van der Waals surface area contributed by atoms with Gasteiger partial charge in [0.1, 0.15) is 17.2 Å². The molecule has 2 heterocycles. The van der Waals surface area contributed by atoms with Gasteiger partial charge in [-0.25, -0.2) is 4.98 Å². The highest BCUT2D eigenvalue weighted by atomic mass is 32.2. The Hall–Kier alpha value is -2.08. The van der Waals surface area contributed by atoms with E-state index in [1.807, 2.05) is 0 Å². The summed E-state index contributed by atoms with van der Waals surface area (Å²) in [5.41, 5.74) is 0.838. The Balaban J connectivity index is 1.61. The van der Waals surface area contributed by atoms with Crippen LogP contribution in [0.5, 0.6) is 0 Å². The molecule has 3 rings (SSSR count). The van der Waals surface area contributed by atoms with Crippen LogP contribution in [0.4, 0.5) is 13.2 Å². The quantitative estimate of drug-likeness (QED) is 0.605. The van der Waals surface area contributed by atoms with Crippen LogP contribution < -0.4 is 5.56 Å². The predicted molar refractivity (Wildman–Crippen MR) is 108 cm³/mol. The summed E-state index contributed by atoms with van der Waals surface area (Å²) in [5, 5.41) is 0.622. The molecule has 1 aliphatic carbocycles. The van der Waals surface area contributed by atoms with E-state index in [-0.39, 0.29) is 30.0 Å². The summed E-state index contributed by atoms with van der Waals surface area (Å²) in [7, 11) is 1.13. The lowest BCUT2D eigenvalue weighted by Gasteiger charge is -2.23. The molecule has 1 aliphatic rings. The highest BCUT2D eigenvalue weighted by molar-refractivity contribution is 7.99. The molecule has 0 aliphatic heterocycles. The molecule has 0 saturated heterocycles. The molecule has 0 unspecified atom stereocenters. The number of halogens is 3. The fourth-order valence-electron chi connectivity index (χ4n) is 3.28.